The largest absolute Gasteiger partial charge is 0.459 e. The molecule has 1 aromatic rings. The molecule has 3 nitrogen and oxygen atoms in total. The monoisotopic (exact) mass is 273 g/mol. The normalized spacial score (nSPS) is 10.2. The van der Waals surface area contributed by atoms with Crippen LogP contribution in [0.15, 0.2) is 22.8 Å². The Morgan fingerprint density at radius 2 is 2.13 bits per heavy atom. The van der Waals surface area contributed by atoms with E-state index in [2.05, 4.69) is 21.2 Å². The van der Waals surface area contributed by atoms with Gasteiger partial charge in [-0.15, -0.1) is 0 Å². The second-order valence-electron chi connectivity index (χ2n) is 3.34. The second-order valence-corrected chi connectivity index (χ2v) is 4.13. The minimum absolute atomic E-state index is 0.125. The van der Waals surface area contributed by atoms with E-state index in [1.165, 1.54) is 19.1 Å². The van der Waals surface area contributed by atoms with E-state index in [-0.39, 0.29) is 5.91 Å². The second kappa shape index (κ2) is 7.51. The number of hydrogen-bond acceptors (Lipinski definition) is 2. The molecule has 0 bridgehead atoms. The number of furan rings is 1. The molecule has 0 spiro atoms. The van der Waals surface area contributed by atoms with E-state index in [0.29, 0.717) is 5.76 Å². The van der Waals surface area contributed by atoms with Gasteiger partial charge in [-0.25, -0.2) is 0 Å². The lowest BCUT2D eigenvalue weighted by Gasteiger charge is -2.02. The Balaban J connectivity index is 2.03. The molecule has 84 valence electrons. The molecule has 1 heterocycles. The number of halogens is 1. The molecule has 0 aliphatic carbocycles. The van der Waals surface area contributed by atoms with Crippen LogP contribution < -0.4 is 5.32 Å². The van der Waals surface area contributed by atoms with E-state index < -0.39 is 0 Å². The van der Waals surface area contributed by atoms with E-state index in [4.69, 9.17) is 4.42 Å². The quantitative estimate of drug-likeness (QED) is 0.613. The van der Waals surface area contributed by atoms with Gasteiger partial charge in [-0.3, -0.25) is 4.79 Å². The van der Waals surface area contributed by atoms with Gasteiger partial charge in [0.15, 0.2) is 5.76 Å². The van der Waals surface area contributed by atoms with Gasteiger partial charge in [0.05, 0.1) is 6.26 Å². The predicted octanol–water partition coefficient (Wildman–Crippen LogP) is 2.96. The Morgan fingerprint density at radius 1 is 1.33 bits per heavy atom. The fourth-order valence-corrected chi connectivity index (χ4v) is 1.67. The van der Waals surface area contributed by atoms with Gasteiger partial charge in [0.2, 0.25) is 0 Å². The first-order chi connectivity index (χ1) is 7.34. The van der Waals surface area contributed by atoms with Crippen molar-refractivity contribution in [1.29, 1.82) is 0 Å². The Bertz CT molecular complexity index is 272. The molecule has 0 saturated carbocycles. The van der Waals surface area contributed by atoms with Crippen molar-refractivity contribution in [2.24, 2.45) is 0 Å². The van der Waals surface area contributed by atoms with Crippen molar-refractivity contribution in [3.8, 4) is 0 Å². The van der Waals surface area contributed by atoms with Crippen molar-refractivity contribution in [3.05, 3.63) is 24.2 Å². The number of amides is 1. The Morgan fingerprint density at radius 3 is 2.80 bits per heavy atom. The van der Waals surface area contributed by atoms with E-state index in [1.807, 2.05) is 0 Å². The van der Waals surface area contributed by atoms with E-state index in [9.17, 15) is 4.79 Å². The highest BCUT2D eigenvalue weighted by atomic mass is 79.9. The average Bonchev–Trinajstić information content (AvgIpc) is 2.76. The van der Waals surface area contributed by atoms with E-state index in [0.717, 1.165) is 24.7 Å². The summed E-state index contributed by atoms with van der Waals surface area (Å²) in [5.74, 6) is 0.260. The van der Waals surface area contributed by atoms with Gasteiger partial charge < -0.3 is 9.73 Å². The summed E-state index contributed by atoms with van der Waals surface area (Å²) >= 11 is 3.39. The number of alkyl halides is 1. The number of nitrogens with one attached hydrogen (secondary N) is 1. The zero-order valence-electron chi connectivity index (χ0n) is 8.67. The van der Waals surface area contributed by atoms with Crippen molar-refractivity contribution >= 4 is 21.8 Å². The van der Waals surface area contributed by atoms with Gasteiger partial charge in [-0.05, 0) is 25.0 Å². The number of unbranched alkanes of at least 4 members (excludes halogenated alkanes) is 3. The SMILES string of the molecule is O=C(NCCCCCCBr)c1ccco1. The van der Waals surface area contributed by atoms with Crippen LogP contribution in [0.3, 0.4) is 0 Å². The van der Waals surface area contributed by atoms with Crippen LogP contribution in [0, 0.1) is 0 Å². The predicted molar refractivity (Wildman–Crippen MR) is 63.3 cm³/mol. The molecular formula is C11H16BrNO2. The lowest BCUT2D eigenvalue weighted by atomic mass is 10.2. The van der Waals surface area contributed by atoms with Crippen LogP contribution >= 0.6 is 15.9 Å². The van der Waals surface area contributed by atoms with Crippen molar-refractivity contribution in [2.75, 3.05) is 11.9 Å². The summed E-state index contributed by atoms with van der Waals surface area (Å²) in [6.45, 7) is 0.724. The van der Waals surface area contributed by atoms with Gasteiger partial charge in [0.1, 0.15) is 0 Å². The summed E-state index contributed by atoms with van der Waals surface area (Å²) in [4.78, 5) is 11.4. The summed E-state index contributed by atoms with van der Waals surface area (Å²) in [6, 6.07) is 3.38. The molecule has 0 fully saturated rings. The lowest BCUT2D eigenvalue weighted by molar-refractivity contribution is 0.0925. The van der Waals surface area contributed by atoms with E-state index >= 15 is 0 Å². The maximum Gasteiger partial charge on any atom is 0.286 e. The Hall–Kier alpha value is -0.770. The van der Waals surface area contributed by atoms with Crippen LogP contribution in [0.5, 0.6) is 0 Å². The average molecular weight is 274 g/mol. The molecule has 1 amide bonds. The van der Waals surface area contributed by atoms with Crippen LogP contribution in [-0.2, 0) is 0 Å². The first kappa shape index (κ1) is 12.3. The minimum Gasteiger partial charge on any atom is -0.459 e. The van der Waals surface area contributed by atoms with Crippen molar-refractivity contribution in [3.63, 3.8) is 0 Å². The van der Waals surface area contributed by atoms with Gasteiger partial charge in [-0.1, -0.05) is 28.8 Å². The highest BCUT2D eigenvalue weighted by Crippen LogP contribution is 2.02. The Kier molecular flexibility index (Phi) is 6.16. The lowest BCUT2D eigenvalue weighted by Crippen LogP contribution is -2.23. The third kappa shape index (κ3) is 5.02. The summed E-state index contributed by atoms with van der Waals surface area (Å²) in [5, 5.41) is 3.88. The number of hydrogen-bond donors (Lipinski definition) is 1. The van der Waals surface area contributed by atoms with Gasteiger partial charge in [0, 0.05) is 11.9 Å². The van der Waals surface area contributed by atoms with Crippen LogP contribution in [0.4, 0.5) is 0 Å². The summed E-state index contributed by atoms with van der Waals surface area (Å²) in [5.41, 5.74) is 0. The number of carbonyl (C=O) groups is 1. The molecule has 1 N–H and O–H groups in total. The number of rotatable bonds is 7. The fourth-order valence-electron chi connectivity index (χ4n) is 1.27. The standard InChI is InChI=1S/C11H16BrNO2/c12-7-3-1-2-4-8-13-11(14)10-6-5-9-15-10/h5-6,9H,1-4,7-8H2,(H,13,14). The van der Waals surface area contributed by atoms with Crippen molar-refractivity contribution < 1.29 is 9.21 Å². The van der Waals surface area contributed by atoms with Gasteiger partial charge >= 0.3 is 0 Å². The van der Waals surface area contributed by atoms with Gasteiger partial charge in [0.25, 0.3) is 5.91 Å². The maximum absolute atomic E-state index is 11.4. The number of carbonyl (C=O) groups excluding carboxylic acids is 1. The molecule has 0 aliphatic rings. The summed E-state index contributed by atoms with van der Waals surface area (Å²) in [7, 11) is 0. The molecule has 0 aromatic carbocycles. The molecular weight excluding hydrogens is 258 g/mol. The van der Waals surface area contributed by atoms with Crippen LogP contribution in [0.25, 0.3) is 0 Å². The summed E-state index contributed by atoms with van der Waals surface area (Å²) in [6.07, 6.45) is 6.10. The highest BCUT2D eigenvalue weighted by Gasteiger charge is 2.05. The first-order valence-corrected chi connectivity index (χ1v) is 6.34. The molecule has 0 saturated heterocycles. The molecule has 0 unspecified atom stereocenters. The Labute approximate surface area is 98.4 Å². The zero-order chi connectivity index (χ0) is 10.9. The smallest absolute Gasteiger partial charge is 0.286 e. The highest BCUT2D eigenvalue weighted by molar-refractivity contribution is 9.09. The zero-order valence-corrected chi connectivity index (χ0v) is 10.3. The third-order valence-electron chi connectivity index (χ3n) is 2.09. The van der Waals surface area contributed by atoms with E-state index in [1.54, 1.807) is 12.1 Å². The van der Waals surface area contributed by atoms with Gasteiger partial charge in [-0.2, -0.15) is 0 Å². The summed E-state index contributed by atoms with van der Waals surface area (Å²) < 4.78 is 4.97. The molecule has 0 aliphatic heterocycles. The minimum atomic E-state index is -0.125. The third-order valence-corrected chi connectivity index (χ3v) is 2.65. The molecule has 0 radical (unpaired) electrons. The van der Waals surface area contributed by atoms with Crippen LogP contribution in [0.2, 0.25) is 0 Å². The molecule has 1 aromatic heterocycles. The maximum atomic E-state index is 11.4. The molecule has 15 heavy (non-hydrogen) atoms. The van der Waals surface area contributed by atoms with Crippen LogP contribution in [-0.4, -0.2) is 17.8 Å². The molecule has 0 atom stereocenters. The van der Waals surface area contributed by atoms with Crippen molar-refractivity contribution in [1.82, 2.24) is 5.32 Å². The molecule has 1 rings (SSSR count). The fraction of sp³-hybridized carbons (Fsp3) is 0.545. The first-order valence-electron chi connectivity index (χ1n) is 5.22. The topological polar surface area (TPSA) is 42.2 Å². The molecule has 4 heteroatoms. The van der Waals surface area contributed by atoms with Crippen LogP contribution in [0.1, 0.15) is 36.2 Å². The van der Waals surface area contributed by atoms with Crippen molar-refractivity contribution in [2.45, 2.75) is 25.7 Å².